The van der Waals surface area contributed by atoms with E-state index in [4.69, 9.17) is 0 Å². The van der Waals surface area contributed by atoms with Crippen LogP contribution < -0.4 is 0 Å². The third-order valence-corrected chi connectivity index (χ3v) is 3.62. The van der Waals surface area contributed by atoms with Crippen LogP contribution in [0.25, 0.3) is 10.9 Å². The smallest absolute Gasteiger partial charge is 0.227 e. The number of carbonyl (C=O) groups excluding carboxylic acids is 1. The third kappa shape index (κ3) is 1.78. The number of hydrogen-bond donors (Lipinski definition) is 1. The lowest BCUT2D eigenvalue weighted by atomic mass is 10.1. The van der Waals surface area contributed by atoms with Crippen LogP contribution in [0.3, 0.4) is 0 Å². The minimum absolute atomic E-state index is 0.162. The number of likely N-dealkylation sites (tertiary alicyclic amines) is 1. The minimum Gasteiger partial charge on any atom is -0.358 e. The number of carbonyl (C=O) groups is 1. The molecule has 4 heteroatoms. The number of nitrogens with zero attached hydrogens (tertiary/aromatic N) is 1. The highest BCUT2D eigenvalue weighted by atomic mass is 19.1. The van der Waals surface area contributed by atoms with Crippen LogP contribution in [0.4, 0.5) is 4.39 Å². The highest BCUT2D eigenvalue weighted by Crippen LogP contribution is 2.24. The zero-order valence-corrected chi connectivity index (χ0v) is 10.3. The SMILES string of the molecule is Cc1[nH]c2cc(F)ccc2c1CC(=O)N1CCC1. The van der Waals surface area contributed by atoms with Gasteiger partial charge >= 0.3 is 0 Å². The number of amides is 1. The van der Waals surface area contributed by atoms with Gasteiger partial charge in [0.25, 0.3) is 0 Å². The van der Waals surface area contributed by atoms with Crippen molar-refractivity contribution in [2.24, 2.45) is 0 Å². The lowest BCUT2D eigenvalue weighted by Gasteiger charge is -2.31. The Balaban J connectivity index is 1.95. The summed E-state index contributed by atoms with van der Waals surface area (Å²) in [6.07, 6.45) is 1.50. The summed E-state index contributed by atoms with van der Waals surface area (Å²) < 4.78 is 13.1. The highest BCUT2D eigenvalue weighted by molar-refractivity contribution is 5.90. The van der Waals surface area contributed by atoms with E-state index in [2.05, 4.69) is 4.98 Å². The lowest BCUT2D eigenvalue weighted by molar-refractivity contribution is -0.133. The molecule has 1 amide bonds. The van der Waals surface area contributed by atoms with Gasteiger partial charge in [0.15, 0.2) is 0 Å². The standard InChI is InChI=1S/C14H15FN2O/c1-9-12(8-14(18)17-5-2-6-17)11-4-3-10(15)7-13(11)16-9/h3-4,7,16H,2,5-6,8H2,1H3. The predicted octanol–water partition coefficient (Wildman–Crippen LogP) is 2.39. The molecule has 1 saturated heterocycles. The molecular weight excluding hydrogens is 231 g/mol. The van der Waals surface area contributed by atoms with E-state index in [1.807, 2.05) is 11.8 Å². The number of aromatic nitrogens is 1. The van der Waals surface area contributed by atoms with E-state index in [0.29, 0.717) is 6.42 Å². The van der Waals surface area contributed by atoms with Crippen molar-refractivity contribution in [2.45, 2.75) is 19.8 Å². The molecule has 1 N–H and O–H groups in total. The van der Waals surface area contributed by atoms with Gasteiger partial charge in [0.05, 0.1) is 6.42 Å². The Morgan fingerprint density at radius 1 is 1.44 bits per heavy atom. The highest BCUT2D eigenvalue weighted by Gasteiger charge is 2.22. The molecule has 3 nitrogen and oxygen atoms in total. The van der Waals surface area contributed by atoms with Gasteiger partial charge in [0.2, 0.25) is 5.91 Å². The molecule has 2 heterocycles. The molecule has 0 spiro atoms. The van der Waals surface area contributed by atoms with Crippen LogP contribution in [0.5, 0.6) is 0 Å². The molecule has 0 unspecified atom stereocenters. The largest absolute Gasteiger partial charge is 0.358 e. The maximum atomic E-state index is 13.1. The molecule has 94 valence electrons. The Bertz CT molecular complexity index is 614. The molecule has 1 aromatic heterocycles. The van der Waals surface area contributed by atoms with Crippen molar-refractivity contribution in [1.29, 1.82) is 0 Å². The summed E-state index contributed by atoms with van der Waals surface area (Å²) in [6, 6.07) is 4.65. The van der Waals surface area contributed by atoms with Crippen molar-refractivity contribution in [3.05, 3.63) is 35.3 Å². The maximum absolute atomic E-state index is 13.1. The van der Waals surface area contributed by atoms with Crippen LogP contribution in [0.15, 0.2) is 18.2 Å². The zero-order chi connectivity index (χ0) is 12.7. The maximum Gasteiger partial charge on any atom is 0.227 e. The van der Waals surface area contributed by atoms with Gasteiger partial charge in [-0.15, -0.1) is 0 Å². The number of benzene rings is 1. The van der Waals surface area contributed by atoms with Gasteiger partial charge in [-0.2, -0.15) is 0 Å². The van der Waals surface area contributed by atoms with E-state index < -0.39 is 0 Å². The number of hydrogen-bond acceptors (Lipinski definition) is 1. The molecule has 0 radical (unpaired) electrons. The van der Waals surface area contributed by atoms with Gasteiger partial charge in [-0.1, -0.05) is 0 Å². The monoisotopic (exact) mass is 246 g/mol. The number of H-pyrrole nitrogens is 1. The van der Waals surface area contributed by atoms with Crippen molar-refractivity contribution in [1.82, 2.24) is 9.88 Å². The molecule has 0 aliphatic carbocycles. The van der Waals surface area contributed by atoms with Crippen molar-refractivity contribution in [3.63, 3.8) is 0 Å². The van der Waals surface area contributed by atoms with Crippen LogP contribution in [0.2, 0.25) is 0 Å². The van der Waals surface area contributed by atoms with E-state index in [9.17, 15) is 9.18 Å². The van der Waals surface area contributed by atoms with Gasteiger partial charge in [0, 0.05) is 29.7 Å². The van der Waals surface area contributed by atoms with Crippen LogP contribution in [-0.4, -0.2) is 28.9 Å². The number of nitrogens with one attached hydrogen (secondary N) is 1. The first-order valence-corrected chi connectivity index (χ1v) is 6.19. The first kappa shape index (κ1) is 11.3. The Morgan fingerprint density at radius 3 is 2.89 bits per heavy atom. The Morgan fingerprint density at radius 2 is 2.22 bits per heavy atom. The lowest BCUT2D eigenvalue weighted by Crippen LogP contribution is -2.42. The minimum atomic E-state index is -0.260. The van der Waals surface area contributed by atoms with E-state index in [1.165, 1.54) is 12.1 Å². The van der Waals surface area contributed by atoms with Gasteiger partial charge in [-0.3, -0.25) is 4.79 Å². The van der Waals surface area contributed by atoms with E-state index >= 15 is 0 Å². The first-order valence-electron chi connectivity index (χ1n) is 6.19. The molecule has 1 aromatic carbocycles. The summed E-state index contributed by atoms with van der Waals surface area (Å²) in [5.74, 6) is -0.0982. The van der Waals surface area contributed by atoms with Crippen molar-refractivity contribution < 1.29 is 9.18 Å². The third-order valence-electron chi connectivity index (χ3n) is 3.62. The molecule has 18 heavy (non-hydrogen) atoms. The van der Waals surface area contributed by atoms with Crippen LogP contribution in [0, 0.1) is 12.7 Å². The predicted molar refractivity (Wildman–Crippen MR) is 67.9 cm³/mol. The van der Waals surface area contributed by atoms with Crippen LogP contribution >= 0.6 is 0 Å². The molecule has 2 aromatic rings. The number of aryl methyl sites for hydroxylation is 1. The summed E-state index contributed by atoms with van der Waals surface area (Å²) in [6.45, 7) is 3.67. The van der Waals surface area contributed by atoms with Gasteiger partial charge in [-0.25, -0.2) is 4.39 Å². The van der Waals surface area contributed by atoms with E-state index in [1.54, 1.807) is 6.07 Å². The number of fused-ring (bicyclic) bond motifs is 1. The average molecular weight is 246 g/mol. The van der Waals surface area contributed by atoms with Gasteiger partial charge in [0.1, 0.15) is 5.82 Å². The van der Waals surface area contributed by atoms with Crippen LogP contribution in [-0.2, 0) is 11.2 Å². The van der Waals surface area contributed by atoms with Gasteiger partial charge < -0.3 is 9.88 Å². The summed E-state index contributed by atoms with van der Waals surface area (Å²) in [5, 5.41) is 0.947. The molecule has 1 aliphatic rings. The molecule has 1 fully saturated rings. The normalized spacial score (nSPS) is 14.9. The number of rotatable bonds is 2. The summed E-state index contributed by atoms with van der Waals surface area (Å²) >= 11 is 0. The van der Waals surface area contributed by atoms with Crippen molar-refractivity contribution in [2.75, 3.05) is 13.1 Å². The molecular formula is C14H15FN2O. The van der Waals surface area contributed by atoms with E-state index in [0.717, 1.165) is 41.7 Å². The van der Waals surface area contributed by atoms with Crippen molar-refractivity contribution in [3.8, 4) is 0 Å². The number of halogens is 1. The summed E-state index contributed by atoms with van der Waals surface area (Å²) in [4.78, 5) is 17.0. The topological polar surface area (TPSA) is 36.1 Å². The molecule has 0 atom stereocenters. The Labute approximate surface area is 105 Å². The second-order valence-electron chi connectivity index (χ2n) is 4.83. The van der Waals surface area contributed by atoms with Crippen molar-refractivity contribution >= 4 is 16.8 Å². The second-order valence-corrected chi connectivity index (χ2v) is 4.83. The summed E-state index contributed by atoms with van der Waals surface area (Å²) in [7, 11) is 0. The summed E-state index contributed by atoms with van der Waals surface area (Å²) in [5.41, 5.74) is 2.70. The molecule has 1 aliphatic heterocycles. The van der Waals surface area contributed by atoms with Gasteiger partial charge in [-0.05, 0) is 37.1 Å². The zero-order valence-electron chi connectivity index (χ0n) is 10.3. The average Bonchev–Trinajstić information content (AvgIpc) is 2.52. The molecule has 3 rings (SSSR count). The van der Waals surface area contributed by atoms with E-state index in [-0.39, 0.29) is 11.7 Å². The second kappa shape index (κ2) is 4.12. The molecule has 0 saturated carbocycles. The fourth-order valence-corrected chi connectivity index (χ4v) is 2.42. The fraction of sp³-hybridized carbons (Fsp3) is 0.357. The van der Waals surface area contributed by atoms with Crippen LogP contribution in [0.1, 0.15) is 17.7 Å². The first-order chi connectivity index (χ1) is 8.65. The quantitative estimate of drug-likeness (QED) is 0.867. The fourth-order valence-electron chi connectivity index (χ4n) is 2.42. The Hall–Kier alpha value is -1.84. The Kier molecular flexibility index (Phi) is 2.58. The molecule has 0 bridgehead atoms. The number of aromatic amines is 1.